The van der Waals surface area contributed by atoms with Crippen LogP contribution < -0.4 is 4.74 Å². The molecule has 0 bridgehead atoms. The van der Waals surface area contributed by atoms with Gasteiger partial charge in [0.2, 0.25) is 0 Å². The molecule has 0 N–H and O–H groups in total. The summed E-state index contributed by atoms with van der Waals surface area (Å²) < 4.78 is 6.70. The average molecular weight is 327 g/mol. The Morgan fingerprint density at radius 3 is 2.83 bits per heavy atom. The summed E-state index contributed by atoms with van der Waals surface area (Å²) in [6.45, 7) is 2.43. The second-order valence-corrected chi connectivity index (χ2v) is 5.07. The quantitative estimate of drug-likeness (QED) is 0.773. The van der Waals surface area contributed by atoms with Crippen molar-refractivity contribution in [2.24, 2.45) is 0 Å². The number of ether oxygens (including phenoxy) is 1. The van der Waals surface area contributed by atoms with E-state index < -0.39 is 0 Å². The maximum atomic E-state index is 5.84. The van der Waals surface area contributed by atoms with Gasteiger partial charge in [-0.2, -0.15) is 0 Å². The van der Waals surface area contributed by atoms with Crippen LogP contribution >= 0.6 is 27.5 Å². The van der Waals surface area contributed by atoms with E-state index >= 15 is 0 Å². The number of benzene rings is 1. The first kappa shape index (κ1) is 13.4. The molecule has 0 aliphatic heterocycles. The van der Waals surface area contributed by atoms with E-state index in [1.807, 2.05) is 43.3 Å². The molecule has 0 fully saturated rings. The van der Waals surface area contributed by atoms with E-state index in [0.29, 0.717) is 12.5 Å². The maximum absolute atomic E-state index is 5.84. The van der Waals surface area contributed by atoms with Crippen molar-refractivity contribution >= 4 is 27.5 Å². The third kappa shape index (κ3) is 3.47. The van der Waals surface area contributed by atoms with Crippen molar-refractivity contribution in [2.45, 2.75) is 19.4 Å². The molecule has 2 rings (SSSR count). The Kier molecular flexibility index (Phi) is 4.61. The Labute approximate surface area is 120 Å². The van der Waals surface area contributed by atoms with Gasteiger partial charge < -0.3 is 4.74 Å². The maximum Gasteiger partial charge on any atom is 0.130 e. The fraction of sp³-hybridized carbons (Fsp3) is 0.214. The lowest BCUT2D eigenvalue weighted by atomic mass is 10.2. The lowest BCUT2D eigenvalue weighted by molar-refractivity contribution is 0.301. The fourth-order valence-electron chi connectivity index (χ4n) is 1.58. The van der Waals surface area contributed by atoms with E-state index in [2.05, 4.69) is 20.9 Å². The summed E-state index contributed by atoms with van der Waals surface area (Å²) >= 11 is 9.29. The Hall–Kier alpha value is -1.06. The third-order valence-corrected chi connectivity index (χ3v) is 3.56. The summed E-state index contributed by atoms with van der Waals surface area (Å²) in [6.07, 6.45) is 0. The highest BCUT2D eigenvalue weighted by Gasteiger charge is 2.02. The second kappa shape index (κ2) is 6.21. The monoisotopic (exact) mass is 325 g/mol. The van der Waals surface area contributed by atoms with Crippen LogP contribution in [-0.4, -0.2) is 4.98 Å². The Morgan fingerprint density at radius 1 is 1.28 bits per heavy atom. The summed E-state index contributed by atoms with van der Waals surface area (Å²) in [5.74, 6) is 1.26. The van der Waals surface area contributed by atoms with Gasteiger partial charge in [-0.05, 0) is 42.8 Å². The molecule has 1 aromatic heterocycles. The molecular formula is C14H13BrClNO. The molecular weight excluding hydrogens is 314 g/mol. The molecule has 0 spiro atoms. The van der Waals surface area contributed by atoms with Gasteiger partial charge in [-0.1, -0.05) is 22.0 Å². The van der Waals surface area contributed by atoms with Gasteiger partial charge in [0, 0.05) is 16.0 Å². The highest BCUT2D eigenvalue weighted by atomic mass is 79.9. The Balaban J connectivity index is 2.06. The van der Waals surface area contributed by atoms with Gasteiger partial charge in [0.25, 0.3) is 0 Å². The van der Waals surface area contributed by atoms with E-state index in [1.165, 1.54) is 0 Å². The van der Waals surface area contributed by atoms with E-state index in [-0.39, 0.29) is 0 Å². The zero-order chi connectivity index (χ0) is 13.0. The van der Waals surface area contributed by atoms with Crippen LogP contribution in [0.25, 0.3) is 0 Å². The van der Waals surface area contributed by atoms with Crippen molar-refractivity contribution in [3.8, 4) is 5.75 Å². The van der Waals surface area contributed by atoms with E-state index in [9.17, 15) is 0 Å². The van der Waals surface area contributed by atoms with Crippen LogP contribution in [0.5, 0.6) is 5.75 Å². The van der Waals surface area contributed by atoms with Gasteiger partial charge in [0.1, 0.15) is 12.4 Å². The van der Waals surface area contributed by atoms with Gasteiger partial charge in [-0.25, -0.2) is 0 Å². The smallest absolute Gasteiger partial charge is 0.130 e. The predicted molar refractivity (Wildman–Crippen MR) is 77.0 cm³/mol. The van der Waals surface area contributed by atoms with Gasteiger partial charge in [0.05, 0.1) is 5.69 Å². The van der Waals surface area contributed by atoms with Crippen LogP contribution in [0, 0.1) is 6.92 Å². The standard InChI is InChI=1S/C14H13BrClNO/c1-10-3-2-4-12(17-10)9-18-13-5-6-14(15)11(7-13)8-16/h2-7H,8-9H2,1H3. The minimum Gasteiger partial charge on any atom is -0.487 e. The number of pyridine rings is 1. The van der Waals surface area contributed by atoms with Gasteiger partial charge >= 0.3 is 0 Å². The van der Waals surface area contributed by atoms with Crippen LogP contribution in [-0.2, 0) is 12.5 Å². The SMILES string of the molecule is Cc1cccc(COc2ccc(Br)c(CCl)c2)n1. The lowest BCUT2D eigenvalue weighted by Crippen LogP contribution is -1.99. The first-order valence-corrected chi connectivity index (χ1v) is 6.91. The summed E-state index contributed by atoms with van der Waals surface area (Å²) in [6, 6.07) is 11.7. The van der Waals surface area contributed by atoms with Crippen LogP contribution in [0.4, 0.5) is 0 Å². The second-order valence-electron chi connectivity index (χ2n) is 3.95. The first-order valence-electron chi connectivity index (χ1n) is 5.59. The number of alkyl halides is 1. The highest BCUT2D eigenvalue weighted by molar-refractivity contribution is 9.10. The van der Waals surface area contributed by atoms with Crippen LogP contribution in [0.2, 0.25) is 0 Å². The largest absolute Gasteiger partial charge is 0.487 e. The molecule has 1 heterocycles. The van der Waals surface area contributed by atoms with Crippen molar-refractivity contribution < 1.29 is 4.74 Å². The van der Waals surface area contributed by atoms with Crippen molar-refractivity contribution in [3.63, 3.8) is 0 Å². The molecule has 0 aliphatic rings. The summed E-state index contributed by atoms with van der Waals surface area (Å²) in [5, 5.41) is 0. The fourth-order valence-corrected chi connectivity index (χ4v) is 2.35. The minimum absolute atomic E-state index is 0.459. The molecule has 0 saturated heterocycles. The molecule has 0 radical (unpaired) electrons. The number of halogens is 2. The zero-order valence-electron chi connectivity index (χ0n) is 9.99. The third-order valence-electron chi connectivity index (χ3n) is 2.49. The zero-order valence-corrected chi connectivity index (χ0v) is 12.3. The molecule has 0 amide bonds. The number of hydrogen-bond donors (Lipinski definition) is 0. The number of aryl methyl sites for hydroxylation is 1. The van der Waals surface area contributed by atoms with Crippen molar-refractivity contribution in [1.82, 2.24) is 4.98 Å². The number of nitrogens with zero attached hydrogens (tertiary/aromatic N) is 1. The summed E-state index contributed by atoms with van der Waals surface area (Å²) in [5.41, 5.74) is 2.94. The number of hydrogen-bond acceptors (Lipinski definition) is 2. The van der Waals surface area contributed by atoms with Crippen molar-refractivity contribution in [1.29, 1.82) is 0 Å². The first-order chi connectivity index (χ1) is 8.69. The van der Waals surface area contributed by atoms with Crippen molar-refractivity contribution in [3.05, 3.63) is 57.8 Å². The summed E-state index contributed by atoms with van der Waals surface area (Å²) in [7, 11) is 0. The molecule has 0 aliphatic carbocycles. The van der Waals surface area contributed by atoms with Gasteiger partial charge in [0.15, 0.2) is 0 Å². The van der Waals surface area contributed by atoms with Crippen LogP contribution in [0.15, 0.2) is 40.9 Å². The topological polar surface area (TPSA) is 22.1 Å². The molecule has 0 unspecified atom stereocenters. The molecule has 2 aromatic rings. The molecule has 18 heavy (non-hydrogen) atoms. The molecule has 0 saturated carbocycles. The highest BCUT2D eigenvalue weighted by Crippen LogP contribution is 2.24. The Bertz CT molecular complexity index is 545. The average Bonchev–Trinajstić information content (AvgIpc) is 2.38. The minimum atomic E-state index is 0.459. The van der Waals surface area contributed by atoms with Gasteiger partial charge in [-0.15, -0.1) is 11.6 Å². The molecule has 94 valence electrons. The van der Waals surface area contributed by atoms with E-state index in [0.717, 1.165) is 27.2 Å². The summed E-state index contributed by atoms with van der Waals surface area (Å²) in [4.78, 5) is 4.39. The number of aromatic nitrogens is 1. The van der Waals surface area contributed by atoms with Gasteiger partial charge in [-0.3, -0.25) is 4.98 Å². The van der Waals surface area contributed by atoms with Crippen molar-refractivity contribution in [2.75, 3.05) is 0 Å². The molecule has 1 aromatic carbocycles. The Morgan fingerprint density at radius 2 is 2.11 bits per heavy atom. The van der Waals surface area contributed by atoms with E-state index in [1.54, 1.807) is 0 Å². The molecule has 2 nitrogen and oxygen atoms in total. The van der Waals surface area contributed by atoms with Crippen LogP contribution in [0.3, 0.4) is 0 Å². The predicted octanol–water partition coefficient (Wildman–Crippen LogP) is 4.47. The molecule has 0 atom stereocenters. The van der Waals surface area contributed by atoms with Crippen LogP contribution in [0.1, 0.15) is 17.0 Å². The molecule has 4 heteroatoms. The number of rotatable bonds is 4. The van der Waals surface area contributed by atoms with E-state index in [4.69, 9.17) is 16.3 Å². The lowest BCUT2D eigenvalue weighted by Gasteiger charge is -2.08. The normalized spacial score (nSPS) is 10.4.